The summed E-state index contributed by atoms with van der Waals surface area (Å²) < 4.78 is 19.2. The molecule has 64 heavy (non-hydrogen) atoms. The maximum atomic E-state index is 16.8. The minimum atomic E-state index is -0.234. The van der Waals surface area contributed by atoms with Crippen LogP contribution in [0.3, 0.4) is 0 Å². The smallest absolute Gasteiger partial charge is 0.131 e. The molecule has 3 heteroatoms. The Morgan fingerprint density at radius 1 is 0.422 bits per heavy atom. The molecule has 0 saturated carbocycles. The van der Waals surface area contributed by atoms with Crippen molar-refractivity contribution in [1.29, 1.82) is 0 Å². The Morgan fingerprint density at radius 3 is 1.72 bits per heavy atom. The average molecular weight is 819 g/mol. The number of rotatable bonds is 5. The van der Waals surface area contributed by atoms with Gasteiger partial charge in [-0.3, -0.25) is 4.98 Å². The normalized spacial score (nSPS) is 14.0. The molecule has 0 radical (unpaired) electrons. The predicted octanol–water partition coefficient (Wildman–Crippen LogP) is 16.8. The molecule has 1 atom stereocenters. The van der Waals surface area contributed by atoms with Crippen LogP contribution >= 0.6 is 0 Å². The molecule has 2 aromatic heterocycles. The maximum absolute atomic E-state index is 16.8. The highest BCUT2D eigenvalue weighted by Gasteiger charge is 2.21. The Balaban J connectivity index is 0.911. The lowest BCUT2D eigenvalue weighted by atomic mass is 9.85. The molecular weight excluding hydrogens is 780 g/mol. The highest BCUT2D eigenvalue weighted by Crippen LogP contribution is 2.46. The van der Waals surface area contributed by atoms with Crippen LogP contribution in [0.1, 0.15) is 12.5 Å². The second-order valence-corrected chi connectivity index (χ2v) is 17.1. The molecule has 0 aliphatic heterocycles. The van der Waals surface area contributed by atoms with Crippen LogP contribution in [-0.4, -0.2) is 9.55 Å². The molecule has 0 amide bonds. The Hall–Kier alpha value is -8.14. The largest absolute Gasteiger partial charge is 0.332 e. The molecule has 0 fully saturated rings. The van der Waals surface area contributed by atoms with Gasteiger partial charge in [-0.25, -0.2) is 4.39 Å². The second kappa shape index (κ2) is 14.5. The molecule has 13 rings (SSSR count). The van der Waals surface area contributed by atoms with Gasteiger partial charge in [0, 0.05) is 28.0 Å². The molecule has 0 bridgehead atoms. The van der Waals surface area contributed by atoms with Gasteiger partial charge in [-0.05, 0) is 142 Å². The Kier molecular flexibility index (Phi) is 8.26. The number of fused-ring (bicyclic) bond motifs is 9. The van der Waals surface area contributed by atoms with E-state index in [4.69, 9.17) is 0 Å². The Labute approximate surface area is 369 Å². The lowest BCUT2D eigenvalue weighted by molar-refractivity contribution is 0.632. The van der Waals surface area contributed by atoms with Crippen LogP contribution in [0, 0.1) is 5.82 Å². The Morgan fingerprint density at radius 2 is 1.02 bits per heavy atom. The zero-order valence-corrected chi connectivity index (χ0v) is 34.8. The van der Waals surface area contributed by atoms with Crippen LogP contribution in [0.2, 0.25) is 0 Å². The lowest BCUT2D eigenvalue weighted by Gasteiger charge is -2.19. The number of halogens is 1. The summed E-state index contributed by atoms with van der Waals surface area (Å²) in [6.45, 7) is 0. The van der Waals surface area contributed by atoms with Gasteiger partial charge in [0.15, 0.2) is 0 Å². The van der Waals surface area contributed by atoms with Crippen molar-refractivity contribution in [3.8, 4) is 44.5 Å². The summed E-state index contributed by atoms with van der Waals surface area (Å²) in [5.41, 5.74) is 10.5. The van der Waals surface area contributed by atoms with Crippen LogP contribution < -0.4 is 0 Å². The molecule has 1 unspecified atom stereocenters. The number of benzene rings is 10. The van der Waals surface area contributed by atoms with Crippen LogP contribution in [0.4, 0.5) is 4.39 Å². The van der Waals surface area contributed by atoms with E-state index in [9.17, 15) is 0 Å². The molecule has 2 nitrogen and oxygen atoms in total. The first kappa shape index (κ1) is 36.5. The molecule has 0 saturated heterocycles. The number of aromatic nitrogens is 2. The van der Waals surface area contributed by atoms with E-state index in [2.05, 4.69) is 192 Å². The number of allylic oxidation sites excluding steroid dienone is 4. The van der Waals surface area contributed by atoms with E-state index in [0.717, 1.165) is 71.9 Å². The van der Waals surface area contributed by atoms with Crippen molar-refractivity contribution in [2.45, 2.75) is 12.5 Å². The van der Waals surface area contributed by atoms with E-state index in [0.29, 0.717) is 5.56 Å². The van der Waals surface area contributed by atoms with Gasteiger partial charge in [-0.2, -0.15) is 0 Å². The first-order valence-electron chi connectivity index (χ1n) is 22.1. The third kappa shape index (κ3) is 5.67. The molecule has 0 N–H and O–H groups in total. The number of hydrogen-bond acceptors (Lipinski definition) is 1. The third-order valence-corrected chi connectivity index (χ3v) is 13.6. The molecule has 2 heterocycles. The summed E-state index contributed by atoms with van der Waals surface area (Å²) in [4.78, 5) is 4.51. The summed E-state index contributed by atoms with van der Waals surface area (Å²) in [6, 6.07) is 64.8. The van der Waals surface area contributed by atoms with Gasteiger partial charge in [-0.15, -0.1) is 0 Å². The monoisotopic (exact) mass is 818 g/mol. The summed E-state index contributed by atoms with van der Waals surface area (Å²) in [6.07, 6.45) is 13.7. The predicted molar refractivity (Wildman–Crippen MR) is 268 cm³/mol. The highest BCUT2D eigenvalue weighted by atomic mass is 19.1. The third-order valence-electron chi connectivity index (χ3n) is 13.6. The van der Waals surface area contributed by atoms with E-state index in [1.165, 1.54) is 49.1 Å². The fraction of sp³-hybridized carbons (Fsp3) is 0.0328. The summed E-state index contributed by atoms with van der Waals surface area (Å²) in [7, 11) is 0. The highest BCUT2D eigenvalue weighted by molar-refractivity contribution is 6.22. The van der Waals surface area contributed by atoms with Crippen LogP contribution in [0.5, 0.6) is 0 Å². The van der Waals surface area contributed by atoms with Gasteiger partial charge in [-0.1, -0.05) is 164 Å². The van der Waals surface area contributed by atoms with Crippen molar-refractivity contribution < 1.29 is 4.39 Å². The van der Waals surface area contributed by atoms with E-state index >= 15 is 4.39 Å². The SMILES string of the molecule is Fc1cc(-c2c3ccccc3c(-c3ccc4cc(-c5ccc6c(c5)c5ccncc5n6C5C=CC=CC5)ccc4c3)c3ccccc23)ccc1-c1cc2ccccc2c2ccccc12. The summed E-state index contributed by atoms with van der Waals surface area (Å²) in [5, 5.41) is 13.7. The minimum Gasteiger partial charge on any atom is -0.332 e. The van der Waals surface area contributed by atoms with Crippen LogP contribution in [-0.2, 0) is 0 Å². The minimum absolute atomic E-state index is 0.234. The van der Waals surface area contributed by atoms with Crippen molar-refractivity contribution >= 4 is 75.7 Å². The fourth-order valence-corrected chi connectivity index (χ4v) is 10.7. The topological polar surface area (TPSA) is 17.8 Å². The standard InChI is InChI=1S/C61H39FN2/c62-57-36-44(26-28-49(57)55-35-42-12-4-5-15-46(42)47-16-6-7-17-48(47)55)61-53-20-10-8-18-51(53)60(52-19-9-11-21-54(52)61)43-25-24-38-32-39(22-23-40(38)33-43)41-27-29-58-56(34-41)50-30-31-63-37-59(50)64(58)45-13-2-1-3-14-45/h1-13,15-37,45H,14H2. The number of pyridine rings is 1. The average Bonchev–Trinajstić information content (AvgIpc) is 3.69. The van der Waals surface area contributed by atoms with Crippen molar-refractivity contribution in [3.05, 3.63) is 225 Å². The summed E-state index contributed by atoms with van der Waals surface area (Å²) >= 11 is 0. The van der Waals surface area contributed by atoms with Gasteiger partial charge in [0.1, 0.15) is 5.82 Å². The van der Waals surface area contributed by atoms with E-state index < -0.39 is 0 Å². The van der Waals surface area contributed by atoms with E-state index in [-0.39, 0.29) is 11.9 Å². The van der Waals surface area contributed by atoms with Gasteiger partial charge in [0.2, 0.25) is 0 Å². The molecule has 12 aromatic rings. The van der Waals surface area contributed by atoms with Crippen LogP contribution in [0.25, 0.3) is 120 Å². The van der Waals surface area contributed by atoms with Crippen molar-refractivity contribution in [1.82, 2.24) is 9.55 Å². The van der Waals surface area contributed by atoms with E-state index in [1.54, 1.807) is 6.07 Å². The molecule has 0 spiro atoms. The van der Waals surface area contributed by atoms with Crippen molar-refractivity contribution in [2.24, 2.45) is 0 Å². The lowest BCUT2D eigenvalue weighted by Crippen LogP contribution is -2.06. The molecular formula is C61H39FN2. The molecule has 10 aromatic carbocycles. The second-order valence-electron chi connectivity index (χ2n) is 17.1. The summed E-state index contributed by atoms with van der Waals surface area (Å²) in [5.74, 6) is -0.234. The van der Waals surface area contributed by atoms with Crippen molar-refractivity contribution in [3.63, 3.8) is 0 Å². The van der Waals surface area contributed by atoms with Gasteiger partial charge < -0.3 is 4.57 Å². The zero-order valence-electron chi connectivity index (χ0n) is 34.8. The number of hydrogen-bond donors (Lipinski definition) is 0. The van der Waals surface area contributed by atoms with E-state index in [1.807, 2.05) is 30.6 Å². The molecule has 300 valence electrons. The van der Waals surface area contributed by atoms with Gasteiger partial charge >= 0.3 is 0 Å². The zero-order chi connectivity index (χ0) is 42.3. The molecule has 1 aliphatic carbocycles. The maximum Gasteiger partial charge on any atom is 0.131 e. The molecule has 1 aliphatic rings. The van der Waals surface area contributed by atoms with Crippen molar-refractivity contribution in [2.75, 3.05) is 0 Å². The first-order valence-corrected chi connectivity index (χ1v) is 22.1. The first-order chi connectivity index (χ1) is 31.7. The fourth-order valence-electron chi connectivity index (χ4n) is 10.7. The quantitative estimate of drug-likeness (QED) is 0.125. The Bertz CT molecular complexity index is 3910. The van der Waals surface area contributed by atoms with Crippen LogP contribution in [0.15, 0.2) is 219 Å². The van der Waals surface area contributed by atoms with Gasteiger partial charge in [0.25, 0.3) is 0 Å². The number of nitrogens with zero attached hydrogens (tertiary/aromatic N) is 2. The van der Waals surface area contributed by atoms with Gasteiger partial charge in [0.05, 0.1) is 17.8 Å².